The standard InChI is InChI=1S/C11H18N4O2/c1-6-15(11(4,5)9(16)17)10-12-7(2)8(3)13-14-10/h6H2,1-5H3,(H,16,17). The van der Waals surface area contributed by atoms with Gasteiger partial charge in [0.1, 0.15) is 5.54 Å². The molecule has 94 valence electrons. The van der Waals surface area contributed by atoms with Gasteiger partial charge in [0.15, 0.2) is 0 Å². The molecule has 6 heteroatoms. The number of carboxylic acid groups (broad SMARTS) is 1. The quantitative estimate of drug-likeness (QED) is 0.848. The Bertz CT molecular complexity index is 431. The number of likely N-dealkylation sites (N-methyl/N-ethyl adjacent to an activating group) is 1. The van der Waals surface area contributed by atoms with Crippen LogP contribution in [0.4, 0.5) is 5.95 Å². The first-order valence-electron chi connectivity index (χ1n) is 5.49. The van der Waals surface area contributed by atoms with Crippen LogP contribution in [0.5, 0.6) is 0 Å². The van der Waals surface area contributed by atoms with Gasteiger partial charge in [0.05, 0.1) is 11.4 Å². The number of hydrogen-bond acceptors (Lipinski definition) is 5. The minimum atomic E-state index is -1.06. The van der Waals surface area contributed by atoms with Gasteiger partial charge in [-0.2, -0.15) is 5.10 Å². The summed E-state index contributed by atoms with van der Waals surface area (Å²) in [5.41, 5.74) is 0.450. The summed E-state index contributed by atoms with van der Waals surface area (Å²) in [5.74, 6) is -0.566. The van der Waals surface area contributed by atoms with Crippen LogP contribution in [0.1, 0.15) is 32.2 Å². The third-order valence-corrected chi connectivity index (χ3v) is 2.84. The van der Waals surface area contributed by atoms with Gasteiger partial charge in [-0.25, -0.2) is 9.78 Å². The van der Waals surface area contributed by atoms with E-state index in [1.54, 1.807) is 18.7 Å². The van der Waals surface area contributed by atoms with E-state index >= 15 is 0 Å². The number of aryl methyl sites for hydroxylation is 2. The zero-order valence-electron chi connectivity index (χ0n) is 10.9. The monoisotopic (exact) mass is 238 g/mol. The van der Waals surface area contributed by atoms with Crippen LogP contribution in [0.15, 0.2) is 0 Å². The number of aromatic nitrogens is 3. The van der Waals surface area contributed by atoms with Crippen molar-refractivity contribution in [1.82, 2.24) is 15.2 Å². The van der Waals surface area contributed by atoms with Crippen LogP contribution in [-0.4, -0.2) is 38.3 Å². The molecule has 0 radical (unpaired) electrons. The van der Waals surface area contributed by atoms with E-state index in [0.717, 1.165) is 11.4 Å². The Kier molecular flexibility index (Phi) is 3.65. The molecule has 0 spiro atoms. The Hall–Kier alpha value is -1.72. The summed E-state index contributed by atoms with van der Waals surface area (Å²) < 4.78 is 0. The number of aliphatic carboxylic acids is 1. The highest BCUT2D eigenvalue weighted by Crippen LogP contribution is 2.20. The Labute approximate surface area is 101 Å². The minimum Gasteiger partial charge on any atom is -0.480 e. The molecule has 0 aliphatic rings. The molecule has 0 aliphatic heterocycles. The molecule has 0 bridgehead atoms. The highest BCUT2D eigenvalue weighted by molar-refractivity contribution is 5.81. The number of carboxylic acids is 1. The Morgan fingerprint density at radius 3 is 2.29 bits per heavy atom. The second kappa shape index (κ2) is 4.65. The van der Waals surface area contributed by atoms with Crippen LogP contribution in [0.2, 0.25) is 0 Å². The van der Waals surface area contributed by atoms with E-state index in [9.17, 15) is 9.90 Å². The van der Waals surface area contributed by atoms with Crippen molar-refractivity contribution in [3.63, 3.8) is 0 Å². The van der Waals surface area contributed by atoms with Crippen molar-refractivity contribution in [1.29, 1.82) is 0 Å². The van der Waals surface area contributed by atoms with E-state index in [4.69, 9.17) is 0 Å². The molecular weight excluding hydrogens is 220 g/mol. The zero-order chi connectivity index (χ0) is 13.2. The summed E-state index contributed by atoms with van der Waals surface area (Å²) in [6.45, 7) is 9.26. The first-order chi connectivity index (χ1) is 7.80. The average Bonchev–Trinajstić information content (AvgIpc) is 2.23. The third kappa shape index (κ3) is 2.51. The van der Waals surface area contributed by atoms with Gasteiger partial charge in [-0.05, 0) is 34.6 Å². The summed E-state index contributed by atoms with van der Waals surface area (Å²) in [7, 11) is 0. The molecular formula is C11H18N4O2. The Morgan fingerprint density at radius 1 is 1.29 bits per heavy atom. The van der Waals surface area contributed by atoms with E-state index < -0.39 is 11.5 Å². The fourth-order valence-electron chi connectivity index (χ4n) is 1.46. The molecule has 1 aromatic rings. The molecule has 0 aliphatic carbocycles. The van der Waals surface area contributed by atoms with Gasteiger partial charge in [0, 0.05) is 6.54 Å². The molecule has 0 atom stereocenters. The van der Waals surface area contributed by atoms with Gasteiger partial charge in [0.25, 0.3) is 0 Å². The lowest BCUT2D eigenvalue weighted by molar-refractivity contribution is -0.142. The maximum Gasteiger partial charge on any atom is 0.329 e. The van der Waals surface area contributed by atoms with Crippen LogP contribution in [0.25, 0.3) is 0 Å². The van der Waals surface area contributed by atoms with E-state index in [-0.39, 0.29) is 0 Å². The van der Waals surface area contributed by atoms with E-state index in [1.807, 2.05) is 20.8 Å². The van der Waals surface area contributed by atoms with Crippen LogP contribution in [0, 0.1) is 13.8 Å². The van der Waals surface area contributed by atoms with E-state index in [0.29, 0.717) is 12.5 Å². The van der Waals surface area contributed by atoms with Crippen molar-refractivity contribution in [3.8, 4) is 0 Å². The van der Waals surface area contributed by atoms with Crippen LogP contribution in [0.3, 0.4) is 0 Å². The number of nitrogens with zero attached hydrogens (tertiary/aromatic N) is 4. The van der Waals surface area contributed by atoms with Crippen LogP contribution >= 0.6 is 0 Å². The van der Waals surface area contributed by atoms with Crippen molar-refractivity contribution < 1.29 is 9.90 Å². The molecule has 1 N–H and O–H groups in total. The highest BCUT2D eigenvalue weighted by Gasteiger charge is 2.35. The van der Waals surface area contributed by atoms with Crippen molar-refractivity contribution in [3.05, 3.63) is 11.4 Å². The Balaban J connectivity index is 3.18. The van der Waals surface area contributed by atoms with Crippen LogP contribution in [-0.2, 0) is 4.79 Å². The minimum absolute atomic E-state index is 0.350. The number of carbonyl (C=O) groups is 1. The second-order valence-corrected chi connectivity index (χ2v) is 4.39. The molecule has 0 unspecified atom stereocenters. The summed E-state index contributed by atoms with van der Waals surface area (Å²) in [4.78, 5) is 17.1. The average molecular weight is 238 g/mol. The molecule has 0 saturated carbocycles. The Morgan fingerprint density at radius 2 is 1.88 bits per heavy atom. The molecule has 0 aromatic carbocycles. The molecule has 0 fully saturated rings. The molecule has 0 amide bonds. The molecule has 1 aromatic heterocycles. The highest BCUT2D eigenvalue weighted by atomic mass is 16.4. The van der Waals surface area contributed by atoms with Gasteiger partial charge < -0.3 is 10.0 Å². The molecule has 17 heavy (non-hydrogen) atoms. The summed E-state index contributed by atoms with van der Waals surface area (Å²) in [6.07, 6.45) is 0. The van der Waals surface area contributed by atoms with Gasteiger partial charge in [-0.1, -0.05) is 0 Å². The van der Waals surface area contributed by atoms with Gasteiger partial charge in [-0.15, -0.1) is 5.10 Å². The molecule has 1 heterocycles. The first-order valence-corrected chi connectivity index (χ1v) is 5.49. The lowest BCUT2D eigenvalue weighted by Gasteiger charge is -2.33. The van der Waals surface area contributed by atoms with Crippen molar-refractivity contribution in [2.24, 2.45) is 0 Å². The van der Waals surface area contributed by atoms with Crippen molar-refractivity contribution in [2.45, 2.75) is 40.2 Å². The largest absolute Gasteiger partial charge is 0.480 e. The maximum absolute atomic E-state index is 11.2. The topological polar surface area (TPSA) is 79.2 Å². The molecule has 1 rings (SSSR count). The summed E-state index contributed by atoms with van der Waals surface area (Å²) in [5, 5.41) is 17.1. The van der Waals surface area contributed by atoms with Crippen LogP contribution < -0.4 is 4.90 Å². The SMILES string of the molecule is CCN(c1nnc(C)c(C)n1)C(C)(C)C(=O)O. The lowest BCUT2D eigenvalue weighted by Crippen LogP contribution is -2.51. The number of hydrogen-bond donors (Lipinski definition) is 1. The first kappa shape index (κ1) is 13.3. The third-order valence-electron chi connectivity index (χ3n) is 2.84. The number of rotatable bonds is 4. The normalized spacial score (nSPS) is 11.4. The molecule has 0 saturated heterocycles. The fourth-order valence-corrected chi connectivity index (χ4v) is 1.46. The van der Waals surface area contributed by atoms with Gasteiger partial charge in [0.2, 0.25) is 5.95 Å². The van der Waals surface area contributed by atoms with Gasteiger partial charge >= 0.3 is 5.97 Å². The van der Waals surface area contributed by atoms with Crippen molar-refractivity contribution >= 4 is 11.9 Å². The van der Waals surface area contributed by atoms with E-state index in [2.05, 4.69) is 15.2 Å². The summed E-state index contributed by atoms with van der Waals surface area (Å²) >= 11 is 0. The zero-order valence-corrected chi connectivity index (χ0v) is 10.9. The predicted molar refractivity (Wildman–Crippen MR) is 64.0 cm³/mol. The number of anilines is 1. The smallest absolute Gasteiger partial charge is 0.329 e. The predicted octanol–water partition coefficient (Wildman–Crippen LogP) is 1.18. The second-order valence-electron chi connectivity index (χ2n) is 4.39. The fraction of sp³-hybridized carbons (Fsp3) is 0.636. The van der Waals surface area contributed by atoms with Gasteiger partial charge in [-0.3, -0.25) is 0 Å². The summed E-state index contributed by atoms with van der Waals surface area (Å²) in [6, 6.07) is 0. The molecule has 6 nitrogen and oxygen atoms in total. The maximum atomic E-state index is 11.2. The van der Waals surface area contributed by atoms with E-state index in [1.165, 1.54) is 0 Å². The van der Waals surface area contributed by atoms with Crippen molar-refractivity contribution in [2.75, 3.05) is 11.4 Å². The lowest BCUT2D eigenvalue weighted by atomic mass is 10.0.